The van der Waals surface area contributed by atoms with Crippen molar-refractivity contribution in [2.24, 2.45) is 11.1 Å². The molecule has 0 aliphatic heterocycles. The number of likely N-dealkylation sites (N-methyl/N-ethyl adjacent to an activating group) is 1. The molecule has 0 spiro atoms. The first-order chi connectivity index (χ1) is 8.41. The largest absolute Gasteiger partial charge is 0.480 e. The van der Waals surface area contributed by atoms with E-state index in [9.17, 15) is 14.7 Å². The highest BCUT2D eigenvalue weighted by atomic mass is 16.4. The molecular formula is C14H28N2O3. The second-order valence-electron chi connectivity index (χ2n) is 6.73. The first kappa shape index (κ1) is 17.9. The zero-order valence-electron chi connectivity index (χ0n) is 13.0. The van der Waals surface area contributed by atoms with Gasteiger partial charge in [0.25, 0.3) is 0 Å². The number of hydrogen-bond donors (Lipinski definition) is 2. The van der Waals surface area contributed by atoms with E-state index in [4.69, 9.17) is 5.73 Å². The third-order valence-electron chi connectivity index (χ3n) is 3.13. The van der Waals surface area contributed by atoms with Crippen molar-refractivity contribution >= 4 is 11.9 Å². The normalized spacial score (nSPS) is 14.1. The summed E-state index contributed by atoms with van der Waals surface area (Å²) in [5.41, 5.74) is 4.83. The number of carbonyl (C=O) groups is 2. The second-order valence-corrected chi connectivity index (χ2v) is 6.73. The third kappa shape index (κ3) is 5.59. The summed E-state index contributed by atoms with van der Waals surface area (Å²) in [5.74, 6) is -1.21. The Kier molecular flexibility index (Phi) is 6.00. The van der Waals surface area contributed by atoms with Crippen LogP contribution >= 0.6 is 0 Å². The highest BCUT2D eigenvalue weighted by molar-refractivity contribution is 5.86. The monoisotopic (exact) mass is 272 g/mol. The van der Waals surface area contributed by atoms with Gasteiger partial charge in [0.1, 0.15) is 5.54 Å². The molecule has 5 nitrogen and oxygen atoms in total. The van der Waals surface area contributed by atoms with E-state index in [1.54, 1.807) is 6.92 Å². The highest BCUT2D eigenvalue weighted by Gasteiger charge is 2.37. The topological polar surface area (TPSA) is 83.6 Å². The van der Waals surface area contributed by atoms with E-state index >= 15 is 0 Å². The van der Waals surface area contributed by atoms with E-state index < -0.39 is 11.5 Å². The van der Waals surface area contributed by atoms with Crippen molar-refractivity contribution < 1.29 is 14.7 Å². The predicted octanol–water partition coefficient (Wildman–Crippen LogP) is 1.85. The minimum Gasteiger partial charge on any atom is -0.480 e. The summed E-state index contributed by atoms with van der Waals surface area (Å²) in [4.78, 5) is 24.8. The van der Waals surface area contributed by atoms with Crippen LogP contribution in [-0.4, -0.2) is 40.0 Å². The van der Waals surface area contributed by atoms with Crippen LogP contribution in [-0.2, 0) is 9.59 Å². The van der Waals surface area contributed by atoms with Crippen molar-refractivity contribution in [1.29, 1.82) is 0 Å². The lowest BCUT2D eigenvalue weighted by molar-refractivity contribution is -0.156. The number of nitrogens with zero attached hydrogens (tertiary/aromatic N) is 1. The summed E-state index contributed by atoms with van der Waals surface area (Å²) >= 11 is 0. The van der Waals surface area contributed by atoms with Crippen molar-refractivity contribution in [3.05, 3.63) is 0 Å². The molecule has 0 fully saturated rings. The van der Waals surface area contributed by atoms with Gasteiger partial charge in [0.2, 0.25) is 5.91 Å². The Morgan fingerprint density at radius 2 is 1.68 bits per heavy atom. The van der Waals surface area contributed by atoms with Gasteiger partial charge in [-0.3, -0.25) is 4.79 Å². The summed E-state index contributed by atoms with van der Waals surface area (Å²) in [6, 6.07) is -0.244. The lowest BCUT2D eigenvalue weighted by atomic mass is 9.87. The maximum atomic E-state index is 12.2. The van der Waals surface area contributed by atoms with Gasteiger partial charge in [-0.05, 0) is 32.6 Å². The number of carbonyl (C=O) groups excluding carboxylic acids is 1. The Morgan fingerprint density at radius 3 is 2.00 bits per heavy atom. The molecule has 0 aromatic rings. The molecule has 0 saturated heterocycles. The molecule has 0 rings (SSSR count). The minimum atomic E-state index is -1.20. The van der Waals surface area contributed by atoms with Gasteiger partial charge in [-0.15, -0.1) is 0 Å². The minimum absolute atomic E-state index is 0.0546. The maximum Gasteiger partial charge on any atom is 0.329 e. The standard InChI is InChI=1S/C14H28N2O3/c1-7-16(14(5,6)12(18)19)11(17)8-10(15)9-13(2,3)4/h10H,7-9,15H2,1-6H3,(H,18,19). The van der Waals surface area contributed by atoms with Crippen LogP contribution < -0.4 is 5.73 Å². The van der Waals surface area contributed by atoms with Crippen molar-refractivity contribution in [1.82, 2.24) is 4.90 Å². The second kappa shape index (κ2) is 6.37. The average molecular weight is 272 g/mol. The molecule has 0 heterocycles. The number of amides is 1. The fourth-order valence-electron chi connectivity index (χ4n) is 2.19. The molecule has 0 aliphatic carbocycles. The van der Waals surface area contributed by atoms with Crippen LogP contribution in [0.25, 0.3) is 0 Å². The van der Waals surface area contributed by atoms with E-state index in [1.165, 1.54) is 18.7 Å². The molecule has 5 heteroatoms. The van der Waals surface area contributed by atoms with Gasteiger partial charge in [-0.2, -0.15) is 0 Å². The molecule has 3 N–H and O–H groups in total. The van der Waals surface area contributed by atoms with Crippen molar-refractivity contribution in [3.63, 3.8) is 0 Å². The van der Waals surface area contributed by atoms with E-state index in [1.807, 2.05) is 0 Å². The van der Waals surface area contributed by atoms with Crippen LogP contribution in [0.3, 0.4) is 0 Å². The number of rotatable bonds is 6. The molecule has 0 radical (unpaired) electrons. The molecule has 1 amide bonds. The van der Waals surface area contributed by atoms with Gasteiger partial charge in [0.15, 0.2) is 0 Å². The highest BCUT2D eigenvalue weighted by Crippen LogP contribution is 2.23. The number of hydrogen-bond acceptors (Lipinski definition) is 3. The Morgan fingerprint density at radius 1 is 1.21 bits per heavy atom. The predicted molar refractivity (Wildman–Crippen MR) is 75.8 cm³/mol. The number of carboxylic acids is 1. The lowest BCUT2D eigenvalue weighted by Crippen LogP contribution is -2.53. The molecule has 0 aromatic carbocycles. The number of nitrogens with two attached hydrogens (primary N) is 1. The summed E-state index contributed by atoms with van der Waals surface area (Å²) < 4.78 is 0. The Balaban J connectivity index is 4.75. The van der Waals surface area contributed by atoms with Gasteiger partial charge in [-0.1, -0.05) is 20.8 Å². The molecule has 1 atom stereocenters. The van der Waals surface area contributed by atoms with Crippen LogP contribution in [0.5, 0.6) is 0 Å². The zero-order chi connectivity index (χ0) is 15.4. The Labute approximate surface area is 116 Å². The van der Waals surface area contributed by atoms with Gasteiger partial charge in [0.05, 0.1) is 0 Å². The summed E-state index contributed by atoms with van der Waals surface area (Å²) in [6.45, 7) is 11.4. The fraction of sp³-hybridized carbons (Fsp3) is 0.857. The fourth-order valence-corrected chi connectivity index (χ4v) is 2.19. The van der Waals surface area contributed by atoms with E-state index in [-0.39, 0.29) is 23.8 Å². The first-order valence-corrected chi connectivity index (χ1v) is 6.71. The van der Waals surface area contributed by atoms with Crippen LogP contribution in [0.15, 0.2) is 0 Å². The van der Waals surface area contributed by atoms with Gasteiger partial charge in [0, 0.05) is 19.0 Å². The smallest absolute Gasteiger partial charge is 0.329 e. The molecule has 0 aliphatic rings. The molecule has 19 heavy (non-hydrogen) atoms. The summed E-state index contributed by atoms with van der Waals surface area (Å²) in [6.07, 6.45) is 0.908. The SMILES string of the molecule is CCN(C(=O)CC(N)CC(C)(C)C)C(C)(C)C(=O)O. The van der Waals surface area contributed by atoms with Crippen molar-refractivity contribution in [2.45, 2.75) is 66.0 Å². The van der Waals surface area contributed by atoms with Crippen molar-refractivity contribution in [3.8, 4) is 0 Å². The summed E-state index contributed by atoms with van der Waals surface area (Å²) in [7, 11) is 0. The zero-order valence-corrected chi connectivity index (χ0v) is 13.0. The first-order valence-electron chi connectivity index (χ1n) is 6.71. The van der Waals surface area contributed by atoms with Gasteiger partial charge < -0.3 is 15.7 Å². The van der Waals surface area contributed by atoms with Crippen LogP contribution in [0.2, 0.25) is 0 Å². The van der Waals surface area contributed by atoms with E-state index in [0.29, 0.717) is 6.54 Å². The third-order valence-corrected chi connectivity index (χ3v) is 3.13. The summed E-state index contributed by atoms with van der Waals surface area (Å²) in [5, 5.41) is 9.19. The van der Waals surface area contributed by atoms with Gasteiger partial charge in [-0.25, -0.2) is 4.79 Å². The van der Waals surface area contributed by atoms with Gasteiger partial charge >= 0.3 is 5.97 Å². The van der Waals surface area contributed by atoms with E-state index in [2.05, 4.69) is 20.8 Å². The number of aliphatic carboxylic acids is 1. The maximum absolute atomic E-state index is 12.2. The average Bonchev–Trinajstić information content (AvgIpc) is 2.13. The van der Waals surface area contributed by atoms with E-state index in [0.717, 1.165) is 6.42 Å². The number of carboxylic acid groups (broad SMARTS) is 1. The van der Waals surface area contributed by atoms with Crippen LogP contribution in [0.4, 0.5) is 0 Å². The van der Waals surface area contributed by atoms with Crippen LogP contribution in [0, 0.1) is 5.41 Å². The van der Waals surface area contributed by atoms with Crippen molar-refractivity contribution in [2.75, 3.05) is 6.54 Å². The molecule has 112 valence electrons. The molecule has 1 unspecified atom stereocenters. The molecular weight excluding hydrogens is 244 g/mol. The Hall–Kier alpha value is -1.10. The molecule has 0 bridgehead atoms. The molecule has 0 saturated carbocycles. The Bertz CT molecular complexity index is 332. The van der Waals surface area contributed by atoms with Crippen LogP contribution in [0.1, 0.15) is 54.4 Å². The lowest BCUT2D eigenvalue weighted by Gasteiger charge is -2.35. The quantitative estimate of drug-likeness (QED) is 0.773. The molecule has 0 aromatic heterocycles.